The molecule has 2 nitrogen and oxygen atoms in total. The molecule has 2 heterocycles. The molecule has 2 aromatic heterocycles. The largest absolute Gasteiger partial charge is 0.416 e. The number of nitrogens with one attached hydrogen (secondary N) is 1. The number of halogens is 3. The van der Waals surface area contributed by atoms with Gasteiger partial charge in [-0.15, -0.1) is 0 Å². The first-order valence-electron chi connectivity index (χ1n) is 7.53. The van der Waals surface area contributed by atoms with Gasteiger partial charge in [0.25, 0.3) is 0 Å². The molecule has 5 heteroatoms. The summed E-state index contributed by atoms with van der Waals surface area (Å²) in [5.74, 6) is 0. The monoisotopic (exact) mass is 326 g/mol. The fourth-order valence-electron chi connectivity index (χ4n) is 2.89. The van der Waals surface area contributed by atoms with Crippen molar-refractivity contribution < 1.29 is 13.2 Å². The molecule has 120 valence electrons. The summed E-state index contributed by atoms with van der Waals surface area (Å²) in [7, 11) is 0. The standard InChI is InChI=1S/C19H13F3N2/c20-19(21,22)13-7-5-12(6-8-13)11-14-9-10-16-15-3-1-2-4-17(15)24-18(16)23-14/h1-10H,11H2,(H,23,24). The smallest absolute Gasteiger partial charge is 0.339 e. The Morgan fingerprint density at radius 2 is 1.58 bits per heavy atom. The Balaban J connectivity index is 1.66. The molecule has 0 aliphatic heterocycles. The van der Waals surface area contributed by atoms with Crippen LogP contribution in [0.4, 0.5) is 13.2 Å². The molecule has 0 radical (unpaired) electrons. The molecule has 4 aromatic rings. The van der Waals surface area contributed by atoms with Gasteiger partial charge in [0.2, 0.25) is 0 Å². The molecule has 0 bridgehead atoms. The van der Waals surface area contributed by atoms with E-state index in [1.807, 2.05) is 36.4 Å². The van der Waals surface area contributed by atoms with Crippen molar-refractivity contribution in [2.24, 2.45) is 0 Å². The Morgan fingerprint density at radius 1 is 0.833 bits per heavy atom. The number of aromatic amines is 1. The van der Waals surface area contributed by atoms with Crippen molar-refractivity contribution in [2.45, 2.75) is 12.6 Å². The zero-order chi connectivity index (χ0) is 16.7. The zero-order valence-corrected chi connectivity index (χ0v) is 12.6. The average Bonchev–Trinajstić information content (AvgIpc) is 2.92. The quantitative estimate of drug-likeness (QED) is 0.530. The summed E-state index contributed by atoms with van der Waals surface area (Å²) in [6, 6.07) is 17.1. The van der Waals surface area contributed by atoms with Gasteiger partial charge in [-0.05, 0) is 35.9 Å². The van der Waals surface area contributed by atoms with Gasteiger partial charge < -0.3 is 4.98 Å². The van der Waals surface area contributed by atoms with Crippen LogP contribution in [-0.4, -0.2) is 9.97 Å². The number of aromatic nitrogens is 2. The predicted octanol–water partition coefficient (Wildman–Crippen LogP) is 5.33. The number of hydrogen-bond acceptors (Lipinski definition) is 1. The lowest BCUT2D eigenvalue weighted by atomic mass is 10.1. The van der Waals surface area contributed by atoms with Crippen LogP contribution in [0.2, 0.25) is 0 Å². The van der Waals surface area contributed by atoms with Crippen LogP contribution in [-0.2, 0) is 12.6 Å². The SMILES string of the molecule is FC(F)(F)c1ccc(Cc2ccc3c(n2)[nH]c2ccccc23)cc1. The van der Waals surface area contributed by atoms with Crippen molar-refractivity contribution >= 4 is 21.9 Å². The fourth-order valence-corrected chi connectivity index (χ4v) is 2.89. The summed E-state index contributed by atoms with van der Waals surface area (Å²) in [6.07, 6.45) is -3.82. The Kier molecular flexibility index (Phi) is 3.30. The van der Waals surface area contributed by atoms with Gasteiger partial charge in [-0.1, -0.05) is 30.3 Å². The molecular formula is C19H13F3N2. The lowest BCUT2D eigenvalue weighted by Gasteiger charge is -2.07. The molecule has 1 N–H and O–H groups in total. The van der Waals surface area contributed by atoms with E-state index in [0.29, 0.717) is 6.42 Å². The minimum atomic E-state index is -4.31. The first-order chi connectivity index (χ1) is 11.5. The van der Waals surface area contributed by atoms with Crippen molar-refractivity contribution in [3.8, 4) is 0 Å². The van der Waals surface area contributed by atoms with Gasteiger partial charge in [0.15, 0.2) is 0 Å². The first-order valence-corrected chi connectivity index (χ1v) is 7.53. The molecule has 0 aliphatic rings. The van der Waals surface area contributed by atoms with Crippen LogP contribution in [0.3, 0.4) is 0 Å². The van der Waals surface area contributed by atoms with Crippen LogP contribution in [0.15, 0.2) is 60.7 Å². The van der Waals surface area contributed by atoms with Crippen LogP contribution in [0, 0.1) is 0 Å². The Bertz CT molecular complexity index is 1010. The molecule has 2 aromatic carbocycles. The number of nitrogens with zero attached hydrogens (tertiary/aromatic N) is 1. The third-order valence-electron chi connectivity index (χ3n) is 4.09. The second-order valence-corrected chi connectivity index (χ2v) is 5.74. The molecule has 4 rings (SSSR count). The highest BCUT2D eigenvalue weighted by Crippen LogP contribution is 2.29. The van der Waals surface area contributed by atoms with Crippen LogP contribution in [0.5, 0.6) is 0 Å². The average molecular weight is 326 g/mol. The van der Waals surface area contributed by atoms with Crippen molar-refractivity contribution in [1.29, 1.82) is 0 Å². The topological polar surface area (TPSA) is 28.7 Å². The highest BCUT2D eigenvalue weighted by atomic mass is 19.4. The molecular weight excluding hydrogens is 313 g/mol. The van der Waals surface area contributed by atoms with Gasteiger partial charge in [-0.3, -0.25) is 0 Å². The van der Waals surface area contributed by atoms with E-state index in [-0.39, 0.29) is 0 Å². The summed E-state index contributed by atoms with van der Waals surface area (Å²) in [5, 5.41) is 2.16. The van der Waals surface area contributed by atoms with Gasteiger partial charge in [-0.25, -0.2) is 4.98 Å². The minimum absolute atomic E-state index is 0.490. The highest BCUT2D eigenvalue weighted by Gasteiger charge is 2.29. The van der Waals surface area contributed by atoms with E-state index in [9.17, 15) is 13.2 Å². The second-order valence-electron chi connectivity index (χ2n) is 5.74. The Morgan fingerprint density at radius 3 is 2.33 bits per heavy atom. The van der Waals surface area contributed by atoms with Crippen molar-refractivity contribution in [2.75, 3.05) is 0 Å². The molecule has 24 heavy (non-hydrogen) atoms. The van der Waals surface area contributed by atoms with E-state index >= 15 is 0 Å². The lowest BCUT2D eigenvalue weighted by molar-refractivity contribution is -0.137. The second kappa shape index (κ2) is 5.37. The fraction of sp³-hybridized carbons (Fsp3) is 0.105. The molecule has 0 amide bonds. The summed E-state index contributed by atoms with van der Waals surface area (Å²) >= 11 is 0. The molecule has 0 unspecified atom stereocenters. The van der Waals surface area contributed by atoms with E-state index in [1.54, 1.807) is 0 Å². The van der Waals surface area contributed by atoms with Crippen molar-refractivity contribution in [3.05, 3.63) is 77.5 Å². The highest BCUT2D eigenvalue weighted by molar-refractivity contribution is 6.05. The number of benzene rings is 2. The van der Waals surface area contributed by atoms with Gasteiger partial charge in [0, 0.05) is 28.4 Å². The maximum absolute atomic E-state index is 12.6. The molecule has 0 aliphatic carbocycles. The van der Waals surface area contributed by atoms with Gasteiger partial charge in [0.1, 0.15) is 5.65 Å². The van der Waals surface area contributed by atoms with E-state index in [1.165, 1.54) is 12.1 Å². The predicted molar refractivity (Wildman–Crippen MR) is 87.8 cm³/mol. The van der Waals surface area contributed by atoms with Crippen molar-refractivity contribution in [3.63, 3.8) is 0 Å². The Labute approximate surface area is 136 Å². The number of rotatable bonds is 2. The third-order valence-corrected chi connectivity index (χ3v) is 4.09. The summed E-state index contributed by atoms with van der Waals surface area (Å²) in [4.78, 5) is 7.87. The van der Waals surface area contributed by atoms with Crippen LogP contribution < -0.4 is 0 Å². The molecule has 0 fully saturated rings. The molecule has 0 spiro atoms. The first kappa shape index (κ1) is 14.8. The van der Waals surface area contributed by atoms with Gasteiger partial charge in [0.05, 0.1) is 5.56 Å². The van der Waals surface area contributed by atoms with Crippen LogP contribution in [0.25, 0.3) is 21.9 Å². The van der Waals surface area contributed by atoms with E-state index in [2.05, 4.69) is 9.97 Å². The van der Waals surface area contributed by atoms with Crippen molar-refractivity contribution in [1.82, 2.24) is 9.97 Å². The number of alkyl halides is 3. The van der Waals surface area contributed by atoms with E-state index < -0.39 is 11.7 Å². The number of H-pyrrole nitrogens is 1. The maximum atomic E-state index is 12.6. The van der Waals surface area contributed by atoms with E-state index in [4.69, 9.17) is 0 Å². The number of hydrogen-bond donors (Lipinski definition) is 1. The van der Waals surface area contributed by atoms with Crippen LogP contribution >= 0.6 is 0 Å². The van der Waals surface area contributed by atoms with Gasteiger partial charge in [-0.2, -0.15) is 13.2 Å². The number of fused-ring (bicyclic) bond motifs is 3. The minimum Gasteiger partial charge on any atom is -0.339 e. The summed E-state index contributed by atoms with van der Waals surface area (Å²) < 4.78 is 37.8. The van der Waals surface area contributed by atoms with E-state index in [0.717, 1.165) is 45.3 Å². The third kappa shape index (κ3) is 2.62. The summed E-state index contributed by atoms with van der Waals surface area (Å²) in [5.41, 5.74) is 2.79. The zero-order valence-electron chi connectivity index (χ0n) is 12.6. The van der Waals surface area contributed by atoms with Crippen LogP contribution in [0.1, 0.15) is 16.8 Å². The molecule has 0 saturated heterocycles. The number of pyridine rings is 1. The summed E-state index contributed by atoms with van der Waals surface area (Å²) in [6.45, 7) is 0. The molecule has 0 saturated carbocycles. The maximum Gasteiger partial charge on any atom is 0.416 e. The Hall–Kier alpha value is -2.82. The molecule has 0 atom stereocenters. The number of para-hydroxylation sites is 1. The lowest BCUT2D eigenvalue weighted by Crippen LogP contribution is -2.04. The van der Waals surface area contributed by atoms with Gasteiger partial charge >= 0.3 is 6.18 Å². The normalized spacial score (nSPS) is 12.1.